The fraction of sp³-hybridized carbons (Fsp3) is 0.214. The molecule has 2 aromatic rings. The van der Waals surface area contributed by atoms with E-state index in [1.54, 1.807) is 6.20 Å². The maximum absolute atomic E-state index is 5.69. The lowest BCUT2D eigenvalue weighted by Crippen LogP contribution is -2.04. The van der Waals surface area contributed by atoms with E-state index in [1.807, 2.05) is 12.1 Å². The largest absolute Gasteiger partial charge is 0.340 e. The van der Waals surface area contributed by atoms with Crippen LogP contribution in [-0.2, 0) is 6.54 Å². The normalized spacial score (nSPS) is 10.3. The quantitative estimate of drug-likeness (QED) is 0.847. The first-order valence-corrected chi connectivity index (χ1v) is 5.69. The molecular formula is C14H17N3. The molecule has 0 aliphatic heterocycles. The molecule has 1 heterocycles. The number of aromatic nitrogens is 1. The zero-order valence-electron chi connectivity index (χ0n) is 10.2. The summed E-state index contributed by atoms with van der Waals surface area (Å²) in [6.07, 6.45) is 1.77. The standard InChI is InChI=1S/C14H17N3/c1-10-5-6-11(2)13(8-10)17-14-12(9-15)4-3-7-16-14/h3-8H,9,15H2,1-2H3,(H,16,17). The molecule has 0 amide bonds. The highest BCUT2D eigenvalue weighted by Gasteiger charge is 2.04. The monoisotopic (exact) mass is 227 g/mol. The Morgan fingerprint density at radius 3 is 2.82 bits per heavy atom. The average Bonchev–Trinajstić information content (AvgIpc) is 2.34. The van der Waals surface area contributed by atoms with E-state index in [9.17, 15) is 0 Å². The second kappa shape index (κ2) is 4.97. The van der Waals surface area contributed by atoms with E-state index in [-0.39, 0.29) is 0 Å². The van der Waals surface area contributed by atoms with Crippen LogP contribution in [0.25, 0.3) is 0 Å². The van der Waals surface area contributed by atoms with E-state index in [0.717, 1.165) is 17.1 Å². The summed E-state index contributed by atoms with van der Waals surface area (Å²) in [4.78, 5) is 4.32. The van der Waals surface area contributed by atoms with E-state index in [2.05, 4.69) is 42.3 Å². The Morgan fingerprint density at radius 1 is 1.24 bits per heavy atom. The van der Waals surface area contributed by atoms with Gasteiger partial charge in [-0.1, -0.05) is 18.2 Å². The summed E-state index contributed by atoms with van der Waals surface area (Å²) in [7, 11) is 0. The highest BCUT2D eigenvalue weighted by Crippen LogP contribution is 2.22. The van der Waals surface area contributed by atoms with E-state index >= 15 is 0 Å². The summed E-state index contributed by atoms with van der Waals surface area (Å²) >= 11 is 0. The summed E-state index contributed by atoms with van der Waals surface area (Å²) in [6, 6.07) is 10.2. The highest BCUT2D eigenvalue weighted by molar-refractivity contribution is 5.63. The van der Waals surface area contributed by atoms with E-state index in [4.69, 9.17) is 5.73 Å². The van der Waals surface area contributed by atoms with Crippen LogP contribution in [0.1, 0.15) is 16.7 Å². The molecule has 0 fully saturated rings. The van der Waals surface area contributed by atoms with Crippen LogP contribution in [0.4, 0.5) is 11.5 Å². The molecule has 0 bridgehead atoms. The number of hydrogen-bond acceptors (Lipinski definition) is 3. The Hall–Kier alpha value is -1.87. The van der Waals surface area contributed by atoms with Crippen LogP contribution < -0.4 is 11.1 Å². The van der Waals surface area contributed by atoms with Crippen molar-refractivity contribution < 1.29 is 0 Å². The SMILES string of the molecule is Cc1ccc(C)c(Nc2ncccc2CN)c1. The molecule has 0 radical (unpaired) electrons. The summed E-state index contributed by atoms with van der Waals surface area (Å²) in [6.45, 7) is 4.64. The first-order valence-electron chi connectivity index (χ1n) is 5.69. The molecule has 0 aliphatic rings. The van der Waals surface area contributed by atoms with Crippen LogP contribution in [0, 0.1) is 13.8 Å². The topological polar surface area (TPSA) is 50.9 Å². The van der Waals surface area contributed by atoms with Crippen molar-refractivity contribution in [3.05, 3.63) is 53.2 Å². The van der Waals surface area contributed by atoms with Gasteiger partial charge in [0.25, 0.3) is 0 Å². The first kappa shape index (κ1) is 11.6. The Labute approximate surface area is 102 Å². The number of hydrogen-bond donors (Lipinski definition) is 2. The number of anilines is 2. The Kier molecular flexibility index (Phi) is 3.40. The molecule has 0 unspecified atom stereocenters. The maximum Gasteiger partial charge on any atom is 0.134 e. The van der Waals surface area contributed by atoms with Gasteiger partial charge in [0.1, 0.15) is 5.82 Å². The number of aryl methyl sites for hydroxylation is 2. The number of pyridine rings is 1. The van der Waals surface area contributed by atoms with Crippen LogP contribution in [0.15, 0.2) is 36.5 Å². The van der Waals surface area contributed by atoms with Crippen molar-refractivity contribution >= 4 is 11.5 Å². The highest BCUT2D eigenvalue weighted by atomic mass is 15.0. The van der Waals surface area contributed by atoms with Crippen LogP contribution in [-0.4, -0.2) is 4.98 Å². The van der Waals surface area contributed by atoms with Gasteiger partial charge in [-0.05, 0) is 37.1 Å². The van der Waals surface area contributed by atoms with Gasteiger partial charge < -0.3 is 11.1 Å². The predicted octanol–water partition coefficient (Wildman–Crippen LogP) is 2.90. The van der Waals surface area contributed by atoms with Gasteiger partial charge in [0.05, 0.1) is 0 Å². The number of nitrogens with two attached hydrogens (primary N) is 1. The minimum absolute atomic E-state index is 0.487. The van der Waals surface area contributed by atoms with Crippen molar-refractivity contribution in [2.45, 2.75) is 20.4 Å². The van der Waals surface area contributed by atoms with E-state index < -0.39 is 0 Å². The molecule has 17 heavy (non-hydrogen) atoms. The van der Waals surface area contributed by atoms with Crippen LogP contribution in [0.5, 0.6) is 0 Å². The molecule has 88 valence electrons. The van der Waals surface area contributed by atoms with Gasteiger partial charge in [0.2, 0.25) is 0 Å². The molecule has 3 N–H and O–H groups in total. The maximum atomic E-state index is 5.69. The molecule has 3 nitrogen and oxygen atoms in total. The van der Waals surface area contributed by atoms with Gasteiger partial charge in [-0.2, -0.15) is 0 Å². The van der Waals surface area contributed by atoms with Crippen molar-refractivity contribution in [1.82, 2.24) is 4.98 Å². The Morgan fingerprint density at radius 2 is 2.06 bits per heavy atom. The number of benzene rings is 1. The molecule has 0 atom stereocenters. The first-order chi connectivity index (χ1) is 8.20. The van der Waals surface area contributed by atoms with Gasteiger partial charge in [-0.3, -0.25) is 0 Å². The van der Waals surface area contributed by atoms with Crippen molar-refractivity contribution in [3.8, 4) is 0 Å². The van der Waals surface area contributed by atoms with Crippen molar-refractivity contribution in [1.29, 1.82) is 0 Å². The number of rotatable bonds is 3. The van der Waals surface area contributed by atoms with Crippen LogP contribution >= 0.6 is 0 Å². The van der Waals surface area contributed by atoms with E-state index in [0.29, 0.717) is 6.54 Å². The molecule has 2 rings (SSSR count). The molecule has 0 saturated carbocycles. The van der Waals surface area contributed by atoms with Gasteiger partial charge >= 0.3 is 0 Å². The summed E-state index contributed by atoms with van der Waals surface area (Å²) < 4.78 is 0. The minimum Gasteiger partial charge on any atom is -0.340 e. The third kappa shape index (κ3) is 2.63. The lowest BCUT2D eigenvalue weighted by Gasteiger charge is -2.12. The fourth-order valence-electron chi connectivity index (χ4n) is 1.71. The minimum atomic E-state index is 0.487. The summed E-state index contributed by atoms with van der Waals surface area (Å²) in [5.41, 5.74) is 10.2. The molecule has 0 saturated heterocycles. The lowest BCUT2D eigenvalue weighted by atomic mass is 10.1. The molecule has 1 aromatic carbocycles. The Balaban J connectivity index is 2.34. The zero-order valence-corrected chi connectivity index (χ0v) is 10.2. The molecule has 3 heteroatoms. The Bertz CT molecular complexity index is 521. The zero-order chi connectivity index (χ0) is 12.3. The van der Waals surface area contributed by atoms with Gasteiger partial charge in [0.15, 0.2) is 0 Å². The van der Waals surface area contributed by atoms with Crippen LogP contribution in [0.3, 0.4) is 0 Å². The van der Waals surface area contributed by atoms with Crippen LogP contribution in [0.2, 0.25) is 0 Å². The van der Waals surface area contributed by atoms with Crippen molar-refractivity contribution in [2.75, 3.05) is 5.32 Å². The molecule has 0 aliphatic carbocycles. The lowest BCUT2D eigenvalue weighted by molar-refractivity contribution is 1.05. The average molecular weight is 227 g/mol. The second-order valence-electron chi connectivity index (χ2n) is 4.16. The predicted molar refractivity (Wildman–Crippen MR) is 71.3 cm³/mol. The van der Waals surface area contributed by atoms with Crippen molar-refractivity contribution in [3.63, 3.8) is 0 Å². The molecule has 0 spiro atoms. The van der Waals surface area contributed by atoms with E-state index in [1.165, 1.54) is 11.1 Å². The van der Waals surface area contributed by atoms with Gasteiger partial charge in [0, 0.05) is 24.0 Å². The van der Waals surface area contributed by atoms with Gasteiger partial charge in [-0.15, -0.1) is 0 Å². The number of nitrogens with zero attached hydrogens (tertiary/aromatic N) is 1. The summed E-state index contributed by atoms with van der Waals surface area (Å²) in [5.74, 6) is 0.837. The van der Waals surface area contributed by atoms with Gasteiger partial charge in [-0.25, -0.2) is 4.98 Å². The third-order valence-corrected chi connectivity index (χ3v) is 2.76. The molecular weight excluding hydrogens is 210 g/mol. The van der Waals surface area contributed by atoms with Crippen molar-refractivity contribution in [2.24, 2.45) is 5.73 Å². The smallest absolute Gasteiger partial charge is 0.134 e. The second-order valence-corrected chi connectivity index (χ2v) is 4.16. The fourth-order valence-corrected chi connectivity index (χ4v) is 1.71. The molecule has 1 aromatic heterocycles. The third-order valence-electron chi connectivity index (χ3n) is 2.76. The number of nitrogens with one attached hydrogen (secondary N) is 1. The summed E-state index contributed by atoms with van der Waals surface area (Å²) in [5, 5.41) is 3.34.